The number of amides is 2. The molecule has 0 saturated heterocycles. The Labute approximate surface area is 170 Å². The summed E-state index contributed by atoms with van der Waals surface area (Å²) in [6.07, 6.45) is 0. The van der Waals surface area contributed by atoms with Crippen LogP contribution in [-0.2, 0) is 16.1 Å². The van der Waals surface area contributed by atoms with Crippen molar-refractivity contribution in [2.24, 2.45) is 5.73 Å². The van der Waals surface area contributed by atoms with Crippen molar-refractivity contribution in [1.82, 2.24) is 10.9 Å². The highest BCUT2D eigenvalue weighted by atomic mass is 16.5. The van der Waals surface area contributed by atoms with E-state index in [1.807, 2.05) is 0 Å². The Morgan fingerprint density at radius 1 is 0.800 bits per heavy atom. The van der Waals surface area contributed by atoms with Crippen LogP contribution in [-0.4, -0.2) is 47.2 Å². The first-order chi connectivity index (χ1) is 14.3. The van der Waals surface area contributed by atoms with Gasteiger partial charge in [0.2, 0.25) is 0 Å². The number of carboxylic acid groups (broad SMARTS) is 2. The Hall–Kier alpha value is -4.12. The number of carbonyl (C=O) groups is 4. The van der Waals surface area contributed by atoms with Gasteiger partial charge in [0, 0.05) is 17.7 Å². The van der Waals surface area contributed by atoms with Gasteiger partial charge in [0.05, 0.1) is 0 Å². The van der Waals surface area contributed by atoms with Crippen LogP contribution < -0.4 is 26.1 Å². The van der Waals surface area contributed by atoms with Crippen LogP contribution in [0.15, 0.2) is 42.5 Å². The van der Waals surface area contributed by atoms with Gasteiger partial charge in [-0.2, -0.15) is 0 Å². The van der Waals surface area contributed by atoms with E-state index >= 15 is 0 Å². The number of nitrogens with one attached hydrogen (secondary N) is 2. The number of carbonyl (C=O) groups excluding carboxylic acids is 2. The molecule has 11 heteroatoms. The lowest BCUT2D eigenvalue weighted by Crippen LogP contribution is -2.41. The summed E-state index contributed by atoms with van der Waals surface area (Å²) >= 11 is 0. The first-order valence-electron chi connectivity index (χ1n) is 8.53. The molecular weight excluding hydrogens is 398 g/mol. The van der Waals surface area contributed by atoms with Crippen molar-refractivity contribution in [1.29, 1.82) is 0 Å². The van der Waals surface area contributed by atoms with Gasteiger partial charge < -0.3 is 25.4 Å². The second kappa shape index (κ2) is 10.4. The Kier molecular flexibility index (Phi) is 7.71. The molecule has 0 aliphatic carbocycles. The fourth-order valence-electron chi connectivity index (χ4n) is 2.26. The maximum atomic E-state index is 12.3. The highest BCUT2D eigenvalue weighted by Gasteiger charge is 2.15. The third-order valence-corrected chi connectivity index (χ3v) is 3.62. The van der Waals surface area contributed by atoms with E-state index in [9.17, 15) is 19.2 Å². The first-order valence-corrected chi connectivity index (χ1v) is 8.53. The van der Waals surface area contributed by atoms with Crippen molar-refractivity contribution < 1.29 is 38.9 Å². The second-order valence-electron chi connectivity index (χ2n) is 5.84. The van der Waals surface area contributed by atoms with Crippen LogP contribution in [0.5, 0.6) is 11.5 Å². The van der Waals surface area contributed by atoms with Gasteiger partial charge in [-0.25, -0.2) is 9.59 Å². The number of ether oxygens (including phenoxy) is 2. The normalized spacial score (nSPS) is 10.0. The summed E-state index contributed by atoms with van der Waals surface area (Å²) in [5.74, 6) is -4.01. The van der Waals surface area contributed by atoms with Crippen molar-refractivity contribution in [3.63, 3.8) is 0 Å². The molecule has 0 aromatic heterocycles. The molecule has 0 aliphatic rings. The van der Waals surface area contributed by atoms with E-state index in [0.717, 1.165) is 11.6 Å². The van der Waals surface area contributed by atoms with E-state index in [2.05, 4.69) is 10.9 Å². The molecule has 2 amide bonds. The minimum absolute atomic E-state index is 0.00840. The van der Waals surface area contributed by atoms with Gasteiger partial charge in [-0.05, 0) is 35.9 Å². The first kappa shape index (κ1) is 22.2. The molecular formula is C19H19N3O8. The van der Waals surface area contributed by atoms with Gasteiger partial charge in [-0.3, -0.25) is 20.4 Å². The average molecular weight is 417 g/mol. The maximum Gasteiger partial charge on any atom is 0.341 e. The van der Waals surface area contributed by atoms with Crippen molar-refractivity contribution >= 4 is 23.8 Å². The zero-order chi connectivity index (χ0) is 22.1. The van der Waals surface area contributed by atoms with Crippen molar-refractivity contribution in [2.45, 2.75) is 6.54 Å². The number of hydrazine groups is 1. The van der Waals surface area contributed by atoms with Crippen LogP contribution in [0, 0.1) is 0 Å². The monoisotopic (exact) mass is 417 g/mol. The van der Waals surface area contributed by atoms with E-state index in [1.165, 1.54) is 12.1 Å². The molecule has 0 aliphatic heterocycles. The predicted molar refractivity (Wildman–Crippen MR) is 102 cm³/mol. The van der Waals surface area contributed by atoms with Crippen molar-refractivity contribution in [2.75, 3.05) is 13.2 Å². The number of rotatable bonds is 9. The van der Waals surface area contributed by atoms with Crippen molar-refractivity contribution in [3.8, 4) is 11.5 Å². The van der Waals surface area contributed by atoms with Crippen molar-refractivity contribution in [3.05, 3.63) is 59.2 Å². The van der Waals surface area contributed by atoms with Gasteiger partial charge >= 0.3 is 11.9 Å². The summed E-state index contributed by atoms with van der Waals surface area (Å²) < 4.78 is 10.1. The number of carboxylic acids is 2. The molecule has 0 radical (unpaired) electrons. The summed E-state index contributed by atoms with van der Waals surface area (Å²) in [5, 5.41) is 17.5. The number of aliphatic carboxylic acids is 2. The van der Waals surface area contributed by atoms with E-state index in [1.54, 1.807) is 24.3 Å². The second-order valence-corrected chi connectivity index (χ2v) is 5.84. The van der Waals surface area contributed by atoms with Crippen LogP contribution in [0.3, 0.4) is 0 Å². The summed E-state index contributed by atoms with van der Waals surface area (Å²) in [6.45, 7) is -1.17. The zero-order valence-electron chi connectivity index (χ0n) is 15.6. The molecule has 6 N–H and O–H groups in total. The Morgan fingerprint density at radius 3 is 1.93 bits per heavy atom. The number of benzene rings is 2. The molecule has 30 heavy (non-hydrogen) atoms. The molecule has 2 aromatic rings. The van der Waals surface area contributed by atoms with E-state index < -0.39 is 37.0 Å². The van der Waals surface area contributed by atoms with E-state index in [4.69, 9.17) is 25.4 Å². The molecule has 0 atom stereocenters. The summed E-state index contributed by atoms with van der Waals surface area (Å²) in [5.41, 5.74) is 11.0. The number of nitrogens with two attached hydrogens (primary N) is 1. The van der Waals surface area contributed by atoms with Gasteiger partial charge in [0.1, 0.15) is 0 Å². The van der Waals surface area contributed by atoms with Gasteiger partial charge in [-0.1, -0.05) is 12.1 Å². The molecule has 11 nitrogen and oxygen atoms in total. The fourth-order valence-corrected chi connectivity index (χ4v) is 2.26. The Morgan fingerprint density at radius 2 is 1.37 bits per heavy atom. The third-order valence-electron chi connectivity index (χ3n) is 3.62. The summed E-state index contributed by atoms with van der Waals surface area (Å²) in [6, 6.07) is 10.2. The van der Waals surface area contributed by atoms with Gasteiger partial charge in [0.15, 0.2) is 24.7 Å². The molecule has 2 rings (SSSR count). The standard InChI is InChI=1S/C19H19N3O8/c20-8-11-2-1-3-12(6-11)18(27)21-22-19(28)13-4-5-14(29-9-16(23)24)15(7-13)30-10-17(25)26/h1-7H,8-10,20H2,(H,21,27)(H,22,28)(H,23,24)(H,25,26). The number of hydrogen-bond acceptors (Lipinski definition) is 7. The Bertz CT molecular complexity index is 961. The van der Waals surface area contributed by atoms with Crippen LogP contribution in [0.4, 0.5) is 0 Å². The highest BCUT2D eigenvalue weighted by Crippen LogP contribution is 2.28. The van der Waals surface area contributed by atoms with Gasteiger partial charge in [0.25, 0.3) is 11.8 Å². The Balaban J connectivity index is 2.09. The molecule has 0 spiro atoms. The minimum atomic E-state index is -1.28. The lowest BCUT2D eigenvalue weighted by Gasteiger charge is -2.13. The summed E-state index contributed by atoms with van der Waals surface area (Å²) in [7, 11) is 0. The highest BCUT2D eigenvalue weighted by molar-refractivity contribution is 5.99. The third kappa shape index (κ3) is 6.49. The minimum Gasteiger partial charge on any atom is -0.479 e. The largest absolute Gasteiger partial charge is 0.479 e. The van der Waals surface area contributed by atoms with E-state index in [0.29, 0.717) is 5.56 Å². The topological polar surface area (TPSA) is 177 Å². The van der Waals surface area contributed by atoms with Gasteiger partial charge in [-0.15, -0.1) is 0 Å². The lowest BCUT2D eigenvalue weighted by molar-refractivity contribution is -0.140. The lowest BCUT2D eigenvalue weighted by atomic mass is 10.1. The van der Waals surface area contributed by atoms with Crippen LogP contribution in [0.1, 0.15) is 26.3 Å². The predicted octanol–water partition coefficient (Wildman–Crippen LogP) is 0.147. The van der Waals surface area contributed by atoms with Crippen LogP contribution >= 0.6 is 0 Å². The zero-order valence-corrected chi connectivity index (χ0v) is 15.6. The summed E-state index contributed by atoms with van der Waals surface area (Å²) in [4.78, 5) is 45.9. The molecule has 0 saturated carbocycles. The maximum absolute atomic E-state index is 12.3. The molecule has 0 fully saturated rings. The fraction of sp³-hybridized carbons (Fsp3) is 0.158. The molecule has 0 bridgehead atoms. The SMILES string of the molecule is NCc1cccc(C(=O)NNC(=O)c2ccc(OCC(=O)O)c(OCC(=O)O)c2)c1. The molecule has 2 aromatic carbocycles. The molecule has 158 valence electrons. The van der Waals surface area contributed by atoms with E-state index in [-0.39, 0.29) is 23.6 Å². The molecule has 0 unspecified atom stereocenters. The number of hydrogen-bond donors (Lipinski definition) is 5. The smallest absolute Gasteiger partial charge is 0.341 e. The van der Waals surface area contributed by atoms with Crippen LogP contribution in [0.25, 0.3) is 0 Å². The van der Waals surface area contributed by atoms with Crippen LogP contribution in [0.2, 0.25) is 0 Å². The average Bonchev–Trinajstić information content (AvgIpc) is 2.74. The quantitative estimate of drug-likeness (QED) is 0.355. The molecule has 0 heterocycles.